The number of rotatable bonds is 11. The van der Waals surface area contributed by atoms with Gasteiger partial charge in [0.2, 0.25) is 0 Å². The first-order valence-corrected chi connectivity index (χ1v) is 18.3. The summed E-state index contributed by atoms with van der Waals surface area (Å²) in [5.74, 6) is -1.57. The van der Waals surface area contributed by atoms with Crippen LogP contribution in [0.3, 0.4) is 0 Å². The lowest BCUT2D eigenvalue weighted by Crippen LogP contribution is -2.25. The number of halogens is 3. The summed E-state index contributed by atoms with van der Waals surface area (Å²) in [5.41, 5.74) is 9.01. The predicted molar refractivity (Wildman–Crippen MR) is 213 cm³/mol. The van der Waals surface area contributed by atoms with Crippen LogP contribution in [0.25, 0.3) is 0 Å². The Balaban J connectivity index is 0.000000207. The van der Waals surface area contributed by atoms with Gasteiger partial charge in [0.15, 0.2) is 0 Å². The maximum atomic E-state index is 12.3. The zero-order chi connectivity index (χ0) is 39.4. The molecular formula is C40H33Br2ClN6O6. The number of hydrogen-bond donors (Lipinski definition) is 2. The second kappa shape index (κ2) is 22.5. The molecule has 12 nitrogen and oxygen atoms in total. The van der Waals surface area contributed by atoms with Crippen LogP contribution < -0.4 is 11.1 Å². The molecule has 0 spiro atoms. The third-order valence-electron chi connectivity index (χ3n) is 6.99. The number of ether oxygens (including phenoxy) is 2. The minimum atomic E-state index is -0.710. The molecule has 0 saturated carbocycles. The van der Waals surface area contributed by atoms with Gasteiger partial charge in [-0.3, -0.25) is 19.6 Å². The van der Waals surface area contributed by atoms with Gasteiger partial charge < -0.3 is 20.5 Å². The van der Waals surface area contributed by atoms with E-state index in [1.807, 2.05) is 78.9 Å². The first-order chi connectivity index (χ1) is 26.6. The van der Waals surface area contributed by atoms with Crippen molar-refractivity contribution < 1.29 is 28.7 Å². The molecule has 0 saturated heterocycles. The fourth-order valence-electron chi connectivity index (χ4n) is 4.23. The number of nitrogens with one attached hydrogen (secondary N) is 1. The van der Waals surface area contributed by atoms with Crippen LogP contribution in [0.15, 0.2) is 143 Å². The third kappa shape index (κ3) is 14.9. The van der Waals surface area contributed by atoms with Gasteiger partial charge in [-0.05, 0) is 103 Å². The van der Waals surface area contributed by atoms with Gasteiger partial charge in [-0.1, -0.05) is 72.8 Å². The number of amides is 1. The Hall–Kier alpha value is -5.67. The highest BCUT2D eigenvalue weighted by Crippen LogP contribution is 2.10. The molecule has 0 radical (unpaired) electrons. The maximum Gasteiger partial charge on any atom is 0.357 e. The monoisotopic (exact) mass is 886 g/mol. The molecule has 0 aliphatic carbocycles. The van der Waals surface area contributed by atoms with Crippen molar-refractivity contribution in [3.63, 3.8) is 0 Å². The Morgan fingerprint density at radius 3 is 1.49 bits per heavy atom. The highest BCUT2D eigenvalue weighted by atomic mass is 79.9. The summed E-state index contributed by atoms with van der Waals surface area (Å²) in [6.07, 6.45) is 3.39. The van der Waals surface area contributed by atoms with Crippen LogP contribution in [0, 0.1) is 0 Å². The quantitative estimate of drug-likeness (QED) is 0.0966. The van der Waals surface area contributed by atoms with Crippen molar-refractivity contribution in [2.45, 2.75) is 26.3 Å². The molecule has 280 valence electrons. The van der Waals surface area contributed by atoms with E-state index in [9.17, 15) is 19.2 Å². The van der Waals surface area contributed by atoms with E-state index in [4.69, 9.17) is 26.8 Å². The van der Waals surface area contributed by atoms with Gasteiger partial charge in [0, 0.05) is 27.9 Å². The van der Waals surface area contributed by atoms with Gasteiger partial charge in [0.05, 0.1) is 17.9 Å². The van der Waals surface area contributed by atoms with Crippen LogP contribution in [0.1, 0.15) is 64.5 Å². The smallest absolute Gasteiger partial charge is 0.357 e. The molecule has 0 aliphatic heterocycles. The molecule has 6 aromatic rings. The Morgan fingerprint density at radius 1 is 0.582 bits per heavy atom. The van der Waals surface area contributed by atoms with E-state index in [0.717, 1.165) is 25.8 Å². The Kier molecular flexibility index (Phi) is 17.2. The van der Waals surface area contributed by atoms with Crippen molar-refractivity contribution in [3.8, 4) is 0 Å². The highest BCUT2D eigenvalue weighted by Gasteiger charge is 2.14. The van der Waals surface area contributed by atoms with Crippen LogP contribution in [-0.4, -0.2) is 43.0 Å². The van der Waals surface area contributed by atoms with Crippen LogP contribution in [0.4, 0.5) is 0 Å². The van der Waals surface area contributed by atoms with Crippen LogP contribution >= 0.6 is 43.5 Å². The lowest BCUT2D eigenvalue weighted by Gasteiger charge is -2.07. The van der Waals surface area contributed by atoms with E-state index >= 15 is 0 Å². The molecule has 2 aromatic carbocycles. The van der Waals surface area contributed by atoms with Gasteiger partial charge in [0.25, 0.3) is 11.1 Å². The van der Waals surface area contributed by atoms with Crippen molar-refractivity contribution in [1.82, 2.24) is 25.3 Å². The number of nitrogens with zero attached hydrogens (tertiary/aromatic N) is 4. The zero-order valence-electron chi connectivity index (χ0n) is 29.0. The van der Waals surface area contributed by atoms with Gasteiger partial charge >= 0.3 is 11.9 Å². The average molecular weight is 889 g/mol. The molecule has 0 aliphatic rings. The highest BCUT2D eigenvalue weighted by molar-refractivity contribution is 9.10. The van der Waals surface area contributed by atoms with Gasteiger partial charge in [0.1, 0.15) is 36.0 Å². The van der Waals surface area contributed by atoms with Crippen molar-refractivity contribution in [2.24, 2.45) is 5.73 Å². The zero-order valence-corrected chi connectivity index (χ0v) is 32.9. The summed E-state index contributed by atoms with van der Waals surface area (Å²) in [4.78, 5) is 63.3. The number of carbonyl (C=O) groups excluding carboxylic acids is 4. The fraction of sp³-hybridized carbons (Fsp3) is 0.100. The molecule has 3 N–H and O–H groups in total. The summed E-state index contributed by atoms with van der Waals surface area (Å²) in [6, 6.07) is 35.2. The largest absolute Gasteiger partial charge is 0.456 e. The molecule has 1 amide bonds. The van der Waals surface area contributed by atoms with Crippen molar-refractivity contribution in [3.05, 3.63) is 188 Å². The minimum Gasteiger partial charge on any atom is -0.456 e. The number of hydrogen-bond acceptors (Lipinski definition) is 11. The summed E-state index contributed by atoms with van der Waals surface area (Å²) < 4.78 is 12.2. The van der Waals surface area contributed by atoms with Crippen LogP contribution in [0.2, 0.25) is 0 Å². The molecule has 0 fully saturated rings. The minimum absolute atomic E-state index is 0.0239. The molecular weight excluding hydrogens is 856 g/mol. The lowest BCUT2D eigenvalue weighted by molar-refractivity contribution is 0.0457. The number of carbonyl (C=O) groups is 4. The Labute approximate surface area is 338 Å². The van der Waals surface area contributed by atoms with Crippen LogP contribution in [0.5, 0.6) is 0 Å². The maximum absolute atomic E-state index is 12.3. The normalized spacial score (nSPS) is 10.0. The summed E-state index contributed by atoms with van der Waals surface area (Å²) in [6.45, 7) is 1.07. The van der Waals surface area contributed by atoms with Gasteiger partial charge in [-0.15, -0.1) is 0 Å². The van der Waals surface area contributed by atoms with Crippen molar-refractivity contribution in [2.75, 3.05) is 0 Å². The summed E-state index contributed by atoms with van der Waals surface area (Å²) in [5, 5.41) is 2.02. The molecule has 55 heavy (non-hydrogen) atoms. The lowest BCUT2D eigenvalue weighted by atomic mass is 10.2. The molecule has 6 rings (SSSR count). The molecule has 4 heterocycles. The second-order valence-corrected chi connectivity index (χ2v) is 13.2. The SMILES string of the molecule is NCc1ccc(Br)cn1.O=C(Cl)c1cccc(C(=O)OCc2ccccc2)n1.O=C(NCc1ccc(Br)cn1)c1cccc(C(=O)OCc2ccccc2)n1. The van der Waals surface area contributed by atoms with Gasteiger partial charge in [-0.25, -0.2) is 19.6 Å². The average Bonchev–Trinajstić information content (AvgIpc) is 3.23. The molecule has 15 heteroatoms. The fourth-order valence-corrected chi connectivity index (χ4v) is 4.80. The van der Waals surface area contributed by atoms with E-state index in [2.05, 4.69) is 57.1 Å². The van der Waals surface area contributed by atoms with E-state index in [-0.39, 0.29) is 42.5 Å². The van der Waals surface area contributed by atoms with E-state index in [1.165, 1.54) is 30.3 Å². The van der Waals surface area contributed by atoms with E-state index < -0.39 is 23.1 Å². The predicted octanol–water partition coefficient (Wildman–Crippen LogP) is 7.65. The summed E-state index contributed by atoms with van der Waals surface area (Å²) >= 11 is 11.9. The Bertz CT molecular complexity index is 2160. The third-order valence-corrected chi connectivity index (χ3v) is 8.12. The van der Waals surface area contributed by atoms with Crippen molar-refractivity contribution >= 4 is 66.5 Å². The molecule has 0 atom stereocenters. The van der Waals surface area contributed by atoms with E-state index in [0.29, 0.717) is 12.2 Å². The number of nitrogens with two attached hydrogens (primary N) is 1. The Morgan fingerprint density at radius 2 is 1.04 bits per heavy atom. The number of esters is 2. The molecule has 4 aromatic heterocycles. The molecule has 0 bridgehead atoms. The number of benzene rings is 2. The van der Waals surface area contributed by atoms with E-state index in [1.54, 1.807) is 24.5 Å². The van der Waals surface area contributed by atoms with Gasteiger partial charge in [-0.2, -0.15) is 0 Å². The topological polar surface area (TPSA) is 176 Å². The molecule has 0 unspecified atom stereocenters. The number of aromatic nitrogens is 4. The summed E-state index contributed by atoms with van der Waals surface area (Å²) in [7, 11) is 0. The second-order valence-electron chi connectivity index (χ2n) is 11.0. The van der Waals surface area contributed by atoms with Crippen molar-refractivity contribution in [1.29, 1.82) is 0 Å². The van der Waals surface area contributed by atoms with Crippen LogP contribution in [-0.2, 0) is 35.8 Å². The number of pyridine rings is 4. The first-order valence-electron chi connectivity index (χ1n) is 16.4. The standard InChI is InChI=1S/C20H16BrN3O3.C14H10ClNO3.C6H7BrN2/c21-15-9-10-16(22-11-15)12-23-19(25)17-7-4-8-18(24-17)20(26)27-13-14-5-2-1-3-6-14;15-13(17)11-7-4-8-12(16-11)14(18)19-9-10-5-2-1-3-6-10;7-5-1-2-6(3-8)9-4-5/h1-11H,12-13H2,(H,23,25);1-8H,9H2;1-2,4H,3,8H2. The first kappa shape index (κ1) is 42.1.